The van der Waals surface area contributed by atoms with Gasteiger partial charge in [-0.05, 0) is 37.5 Å². The van der Waals surface area contributed by atoms with E-state index < -0.39 is 0 Å². The Bertz CT molecular complexity index is 331. The molecule has 2 saturated carbocycles. The van der Waals surface area contributed by atoms with E-state index in [9.17, 15) is 4.79 Å². The van der Waals surface area contributed by atoms with Gasteiger partial charge in [0.2, 0.25) is 5.91 Å². The molecule has 1 heterocycles. The first-order valence-corrected chi connectivity index (χ1v) is 7.75. The van der Waals surface area contributed by atoms with E-state index in [-0.39, 0.29) is 5.54 Å². The average molecular weight is 250 g/mol. The van der Waals surface area contributed by atoms with Gasteiger partial charge in [-0.3, -0.25) is 10.1 Å². The monoisotopic (exact) mass is 250 g/mol. The van der Waals surface area contributed by atoms with Gasteiger partial charge in [0, 0.05) is 6.54 Å². The third-order valence-electron chi connectivity index (χ3n) is 5.23. The second-order valence-electron chi connectivity index (χ2n) is 6.69. The summed E-state index contributed by atoms with van der Waals surface area (Å²) < 4.78 is 0. The van der Waals surface area contributed by atoms with Crippen LogP contribution < -0.4 is 5.32 Å². The molecule has 0 aromatic rings. The molecule has 2 aliphatic carbocycles. The van der Waals surface area contributed by atoms with Crippen LogP contribution in [0.25, 0.3) is 0 Å². The van der Waals surface area contributed by atoms with Crippen LogP contribution in [0.2, 0.25) is 0 Å². The molecule has 1 saturated heterocycles. The molecule has 1 aliphatic heterocycles. The molecule has 1 spiro atoms. The highest BCUT2D eigenvalue weighted by atomic mass is 16.2. The highest BCUT2D eigenvalue weighted by Gasteiger charge is 2.60. The summed E-state index contributed by atoms with van der Waals surface area (Å²) in [6, 6.07) is 0. The number of amides is 1. The molecule has 1 amide bonds. The Morgan fingerprint density at radius 2 is 2.06 bits per heavy atom. The molecule has 3 nitrogen and oxygen atoms in total. The van der Waals surface area contributed by atoms with Crippen molar-refractivity contribution in [3.05, 3.63) is 0 Å². The largest absolute Gasteiger partial charge is 0.325 e. The second kappa shape index (κ2) is 4.52. The third kappa shape index (κ3) is 1.97. The van der Waals surface area contributed by atoms with Crippen molar-refractivity contribution in [2.75, 3.05) is 6.54 Å². The van der Waals surface area contributed by atoms with E-state index in [1.165, 1.54) is 25.7 Å². The molecule has 1 N–H and O–H groups in total. The minimum atomic E-state index is -0.124. The maximum absolute atomic E-state index is 12.6. The summed E-state index contributed by atoms with van der Waals surface area (Å²) in [7, 11) is 0. The van der Waals surface area contributed by atoms with Gasteiger partial charge in [-0.15, -0.1) is 0 Å². The van der Waals surface area contributed by atoms with Crippen LogP contribution in [-0.4, -0.2) is 29.1 Å². The SMILES string of the molecule is CCC(C)CN1C(=O)C2(CC2)NC1C1CCCC1. The fourth-order valence-corrected chi connectivity index (χ4v) is 3.61. The molecule has 3 aliphatic rings. The highest BCUT2D eigenvalue weighted by Crippen LogP contribution is 2.45. The first-order chi connectivity index (χ1) is 8.66. The Hall–Kier alpha value is -0.570. The van der Waals surface area contributed by atoms with E-state index in [1.807, 2.05) is 0 Å². The van der Waals surface area contributed by atoms with Gasteiger partial charge in [-0.2, -0.15) is 0 Å². The Morgan fingerprint density at radius 1 is 1.39 bits per heavy atom. The fourth-order valence-electron chi connectivity index (χ4n) is 3.61. The molecule has 0 radical (unpaired) electrons. The molecular formula is C15H26N2O. The van der Waals surface area contributed by atoms with E-state index in [0.717, 1.165) is 25.8 Å². The van der Waals surface area contributed by atoms with E-state index >= 15 is 0 Å². The number of carbonyl (C=O) groups excluding carboxylic acids is 1. The van der Waals surface area contributed by atoms with Gasteiger partial charge in [-0.25, -0.2) is 0 Å². The zero-order valence-electron chi connectivity index (χ0n) is 11.7. The van der Waals surface area contributed by atoms with Gasteiger partial charge in [0.05, 0.1) is 11.7 Å². The topological polar surface area (TPSA) is 32.3 Å². The minimum Gasteiger partial charge on any atom is -0.325 e. The summed E-state index contributed by atoms with van der Waals surface area (Å²) >= 11 is 0. The van der Waals surface area contributed by atoms with Crippen molar-refractivity contribution in [2.45, 2.75) is 70.5 Å². The van der Waals surface area contributed by atoms with Crippen LogP contribution in [0.3, 0.4) is 0 Å². The van der Waals surface area contributed by atoms with Gasteiger partial charge in [0.25, 0.3) is 0 Å². The third-order valence-corrected chi connectivity index (χ3v) is 5.23. The normalized spacial score (nSPS) is 32.4. The molecular weight excluding hydrogens is 224 g/mol. The van der Waals surface area contributed by atoms with Crippen LogP contribution in [0.5, 0.6) is 0 Å². The van der Waals surface area contributed by atoms with Crippen LogP contribution in [0.15, 0.2) is 0 Å². The van der Waals surface area contributed by atoms with Crippen molar-refractivity contribution in [3.8, 4) is 0 Å². The number of nitrogens with zero attached hydrogens (tertiary/aromatic N) is 1. The van der Waals surface area contributed by atoms with Gasteiger partial charge >= 0.3 is 0 Å². The molecule has 0 aromatic heterocycles. The molecule has 3 rings (SSSR count). The zero-order chi connectivity index (χ0) is 12.8. The molecule has 0 aromatic carbocycles. The minimum absolute atomic E-state index is 0.124. The van der Waals surface area contributed by atoms with Gasteiger partial charge in [-0.1, -0.05) is 33.1 Å². The molecule has 2 unspecified atom stereocenters. The van der Waals surface area contributed by atoms with Crippen molar-refractivity contribution in [3.63, 3.8) is 0 Å². The molecule has 18 heavy (non-hydrogen) atoms. The van der Waals surface area contributed by atoms with Crippen LogP contribution in [0, 0.1) is 11.8 Å². The Balaban J connectivity index is 1.75. The molecule has 3 fully saturated rings. The lowest BCUT2D eigenvalue weighted by Crippen LogP contribution is -2.44. The number of hydrogen-bond donors (Lipinski definition) is 1. The molecule has 102 valence electrons. The molecule has 2 atom stereocenters. The lowest BCUT2D eigenvalue weighted by Gasteiger charge is -2.30. The van der Waals surface area contributed by atoms with E-state index in [4.69, 9.17) is 0 Å². The highest BCUT2D eigenvalue weighted by molar-refractivity contribution is 5.91. The summed E-state index contributed by atoms with van der Waals surface area (Å²) in [4.78, 5) is 14.8. The average Bonchev–Trinajstić information content (AvgIpc) is 2.85. The number of hydrogen-bond acceptors (Lipinski definition) is 2. The van der Waals surface area contributed by atoms with Crippen LogP contribution in [-0.2, 0) is 4.79 Å². The Morgan fingerprint density at radius 3 is 2.61 bits per heavy atom. The Kier molecular flexibility index (Phi) is 3.13. The molecule has 0 bridgehead atoms. The van der Waals surface area contributed by atoms with Gasteiger partial charge in [0.1, 0.15) is 0 Å². The van der Waals surface area contributed by atoms with E-state index in [0.29, 0.717) is 23.9 Å². The summed E-state index contributed by atoms with van der Waals surface area (Å²) in [5.41, 5.74) is -0.124. The van der Waals surface area contributed by atoms with Crippen molar-refractivity contribution in [1.29, 1.82) is 0 Å². The summed E-state index contributed by atoms with van der Waals surface area (Å²) in [6.07, 6.45) is 8.93. The maximum Gasteiger partial charge on any atom is 0.244 e. The lowest BCUT2D eigenvalue weighted by atomic mass is 10.0. The summed E-state index contributed by atoms with van der Waals surface area (Å²) in [6.45, 7) is 5.43. The zero-order valence-corrected chi connectivity index (χ0v) is 11.7. The predicted molar refractivity (Wildman–Crippen MR) is 72.0 cm³/mol. The number of carbonyl (C=O) groups is 1. The van der Waals surface area contributed by atoms with E-state index in [1.54, 1.807) is 0 Å². The van der Waals surface area contributed by atoms with Crippen molar-refractivity contribution in [1.82, 2.24) is 10.2 Å². The first-order valence-electron chi connectivity index (χ1n) is 7.75. The van der Waals surface area contributed by atoms with Crippen molar-refractivity contribution in [2.24, 2.45) is 11.8 Å². The molecule has 3 heteroatoms. The predicted octanol–water partition coefficient (Wildman–Crippen LogP) is 2.51. The smallest absolute Gasteiger partial charge is 0.244 e. The standard InChI is InChI=1S/C15H26N2O/c1-3-11(2)10-17-13(12-6-4-5-7-12)16-15(8-9-15)14(17)18/h11-13,16H,3-10H2,1-2H3. The lowest BCUT2D eigenvalue weighted by molar-refractivity contribution is -0.131. The number of nitrogens with one attached hydrogen (secondary N) is 1. The summed E-state index contributed by atoms with van der Waals surface area (Å²) in [5.74, 6) is 1.73. The summed E-state index contributed by atoms with van der Waals surface area (Å²) in [5, 5.41) is 3.69. The van der Waals surface area contributed by atoms with Crippen LogP contribution in [0.1, 0.15) is 58.8 Å². The van der Waals surface area contributed by atoms with Gasteiger partial charge in [0.15, 0.2) is 0 Å². The van der Waals surface area contributed by atoms with Crippen molar-refractivity contribution < 1.29 is 4.79 Å². The van der Waals surface area contributed by atoms with Crippen molar-refractivity contribution >= 4 is 5.91 Å². The first kappa shape index (κ1) is 12.5. The quantitative estimate of drug-likeness (QED) is 0.831. The number of rotatable bonds is 4. The fraction of sp³-hybridized carbons (Fsp3) is 0.933. The van der Waals surface area contributed by atoms with Gasteiger partial charge < -0.3 is 4.90 Å². The maximum atomic E-state index is 12.6. The Labute approximate surface area is 110 Å². The van der Waals surface area contributed by atoms with Crippen LogP contribution >= 0.6 is 0 Å². The van der Waals surface area contributed by atoms with E-state index in [2.05, 4.69) is 24.1 Å². The second-order valence-corrected chi connectivity index (χ2v) is 6.69. The van der Waals surface area contributed by atoms with Crippen LogP contribution in [0.4, 0.5) is 0 Å².